The topological polar surface area (TPSA) is 415 Å². The van der Waals surface area contributed by atoms with E-state index in [1.165, 1.54) is 43.1 Å². The quantitative estimate of drug-likeness (QED) is 0.0262. The monoisotopic (exact) mass is 2050 g/mol. The maximum atomic E-state index is 13.0. The molecule has 5 amide bonds. The maximum absolute atomic E-state index is 13.0. The normalized spacial score (nSPS) is 27.2. The first-order valence-corrected chi connectivity index (χ1v) is 46.6. The van der Waals surface area contributed by atoms with Gasteiger partial charge in [0.2, 0.25) is 23.1 Å². The zero-order chi connectivity index (χ0) is 99.3. The number of aliphatic hydroxyl groups excluding tert-OH is 4. The summed E-state index contributed by atoms with van der Waals surface area (Å²) in [4.78, 5) is 82.6. The number of hydrogen-bond donors (Lipinski definition) is 5. The molecule has 38 nitrogen and oxygen atoms in total. The second-order valence-electron chi connectivity index (χ2n) is 36.4. The van der Waals surface area contributed by atoms with Crippen LogP contribution in [0.2, 0.25) is 0 Å². The molecule has 0 saturated carbocycles. The SMILES string of the molecule is C.C.C.C.C.C.COC1(OC)CO[C@@H]2[C@H](O)CN(C(=O)OC(C)(C)C)[C@@H]21.COC1(OC)CO[C@@H]2[C@H](O)CN(C(=O)OCc3ccccc3)[C@@H]21.COC1(OC)CO[C@@H]2[C@H](O)CN[C@@H]21.COC1(OC)CO[C@H]2[C@@H]1N(C(=O)OCc1ccccc1)C[C@H]2OCc1ccccc1.O=C(OCc1ccccc1)N1C[C@@H](OCc2ccccc2)[C@H]2OC[C@H](O)[C@H]21.O=C1CO[C@H]2[C@@H]1N(C(=O)OCc1ccccc1)C[C@H]2OCc1ccccc1. The summed E-state index contributed by atoms with van der Waals surface area (Å²) in [6, 6.07) is 64.8. The number of nitrogens with zero attached hydrogens (tertiary/aromatic N) is 5. The molecule has 12 saturated heterocycles. The molecule has 38 heteroatoms. The van der Waals surface area contributed by atoms with E-state index in [-0.39, 0.29) is 172 Å². The highest BCUT2D eigenvalue weighted by atomic mass is 16.8. The van der Waals surface area contributed by atoms with Gasteiger partial charge in [-0.1, -0.05) is 257 Å². The second kappa shape index (κ2) is 55.8. The molecule has 808 valence electrons. The van der Waals surface area contributed by atoms with Crippen LogP contribution in [0.5, 0.6) is 0 Å². The molecular formula is C108H154N6O32. The first-order valence-electron chi connectivity index (χ1n) is 46.6. The van der Waals surface area contributed by atoms with Gasteiger partial charge in [0.15, 0.2) is 5.78 Å². The van der Waals surface area contributed by atoms with Crippen molar-refractivity contribution in [2.45, 2.75) is 256 Å². The molecule has 0 aromatic heterocycles. The Hall–Kier alpha value is -10.3. The number of ketones is 1. The van der Waals surface area contributed by atoms with Crippen molar-refractivity contribution in [3.05, 3.63) is 251 Å². The van der Waals surface area contributed by atoms with Crippen LogP contribution in [-0.2, 0) is 155 Å². The average Bonchev–Trinajstić information content (AvgIpc) is 1.55. The second-order valence-corrected chi connectivity index (χ2v) is 36.4. The third-order valence-electron chi connectivity index (χ3n) is 26.7. The average molecular weight is 2050 g/mol. The van der Waals surface area contributed by atoms with Crippen LogP contribution in [0.3, 0.4) is 0 Å². The number of aliphatic hydroxyl groups is 4. The summed E-state index contributed by atoms with van der Waals surface area (Å²) in [5.74, 6) is -4.06. The minimum absolute atomic E-state index is 0. The Morgan fingerprint density at radius 1 is 0.329 bits per heavy atom. The van der Waals surface area contributed by atoms with Gasteiger partial charge >= 0.3 is 30.5 Å². The van der Waals surface area contributed by atoms with Crippen molar-refractivity contribution in [1.29, 1.82) is 0 Å². The van der Waals surface area contributed by atoms with Crippen molar-refractivity contribution >= 4 is 36.2 Å². The predicted molar refractivity (Wildman–Crippen MR) is 537 cm³/mol. The van der Waals surface area contributed by atoms with Gasteiger partial charge in [-0.3, -0.25) is 29.3 Å². The number of carbonyl (C=O) groups excluding carboxylic acids is 6. The van der Waals surface area contributed by atoms with Crippen molar-refractivity contribution in [3.63, 3.8) is 0 Å². The fraction of sp³-hybridized carbons (Fsp3) is 0.556. The molecule has 0 spiro atoms. The van der Waals surface area contributed by atoms with Crippen molar-refractivity contribution in [1.82, 2.24) is 29.8 Å². The number of amides is 5. The smallest absolute Gasteiger partial charge is 0.410 e. The van der Waals surface area contributed by atoms with Gasteiger partial charge < -0.3 is 130 Å². The van der Waals surface area contributed by atoms with E-state index in [1.807, 2.05) is 212 Å². The number of ether oxygens (including phenoxy) is 22. The summed E-state index contributed by atoms with van der Waals surface area (Å²) in [6.45, 7) is 10.2. The Labute approximate surface area is 858 Å². The number of fused-ring (bicyclic) bond motifs is 6. The zero-order valence-corrected chi connectivity index (χ0v) is 80.6. The number of β-amino-alcohol motifs (C(OH)–C–C–N with tert-alkyl or cyclic N) is 3. The lowest BCUT2D eigenvalue weighted by Gasteiger charge is -2.36. The van der Waals surface area contributed by atoms with E-state index >= 15 is 0 Å². The van der Waals surface area contributed by atoms with Gasteiger partial charge in [-0.15, -0.1) is 0 Å². The number of Topliss-reactive ketones (excluding diaryl/α,β-unsaturated/α-hetero) is 1. The molecule has 19 rings (SSSR count). The Morgan fingerprint density at radius 2 is 0.616 bits per heavy atom. The summed E-state index contributed by atoms with van der Waals surface area (Å²) in [5.41, 5.74) is 6.16. The molecule has 0 unspecified atom stereocenters. The molecule has 12 aliphatic rings. The molecule has 12 heterocycles. The third-order valence-corrected chi connectivity index (χ3v) is 26.7. The Kier molecular flexibility index (Phi) is 46.2. The number of likely N-dealkylation sites (tertiary alicyclic amines) is 5. The molecule has 0 radical (unpaired) electrons. The summed E-state index contributed by atoms with van der Waals surface area (Å²) < 4.78 is 123. The highest BCUT2D eigenvalue weighted by Gasteiger charge is 2.66. The highest BCUT2D eigenvalue weighted by Crippen LogP contribution is 2.45. The third kappa shape index (κ3) is 28.2. The number of carbonyl (C=O) groups is 6. The summed E-state index contributed by atoms with van der Waals surface area (Å²) in [7, 11) is 12.3. The molecular weight excluding hydrogens is 1890 g/mol. The van der Waals surface area contributed by atoms with Gasteiger partial charge in [-0.25, -0.2) is 24.0 Å². The number of nitrogens with one attached hydrogen (secondary N) is 1. The van der Waals surface area contributed by atoms with E-state index in [4.69, 9.17) is 104 Å². The first-order chi connectivity index (χ1) is 67.7. The van der Waals surface area contributed by atoms with Gasteiger partial charge in [0.25, 0.3) is 0 Å². The molecule has 0 aliphatic carbocycles. The van der Waals surface area contributed by atoms with Crippen LogP contribution in [0.4, 0.5) is 24.0 Å². The first kappa shape index (κ1) is 121. The molecule has 7 aromatic carbocycles. The molecule has 12 aliphatic heterocycles. The Morgan fingerprint density at radius 3 is 0.979 bits per heavy atom. The number of rotatable bonds is 25. The van der Waals surface area contributed by atoms with E-state index in [1.54, 1.807) is 59.0 Å². The number of hydrogen-bond acceptors (Lipinski definition) is 33. The molecule has 7 aromatic rings. The van der Waals surface area contributed by atoms with E-state index in [0.29, 0.717) is 46.1 Å². The van der Waals surface area contributed by atoms with Crippen molar-refractivity contribution < 1.29 is 153 Å². The minimum Gasteiger partial charge on any atom is -0.445 e. The van der Waals surface area contributed by atoms with E-state index in [0.717, 1.165) is 38.9 Å². The molecule has 19 atom stereocenters. The Balaban J connectivity index is 0.000000215. The van der Waals surface area contributed by atoms with E-state index in [9.17, 15) is 49.2 Å². The van der Waals surface area contributed by atoms with Crippen LogP contribution in [-0.4, -0.2) is 361 Å². The van der Waals surface area contributed by atoms with Gasteiger partial charge in [-0.05, 0) is 59.7 Å². The number of benzene rings is 7. The van der Waals surface area contributed by atoms with Crippen molar-refractivity contribution in [2.75, 3.05) is 136 Å². The van der Waals surface area contributed by atoms with E-state index < -0.39 is 132 Å². The van der Waals surface area contributed by atoms with Crippen molar-refractivity contribution in [2.24, 2.45) is 0 Å². The van der Waals surface area contributed by atoms with Crippen LogP contribution >= 0.6 is 0 Å². The van der Waals surface area contributed by atoms with E-state index in [2.05, 4.69) is 5.32 Å². The van der Waals surface area contributed by atoms with Crippen LogP contribution in [0.1, 0.15) is 104 Å². The lowest BCUT2D eigenvalue weighted by atomic mass is 10.0. The number of methoxy groups -OCH3 is 8. The molecule has 146 heavy (non-hydrogen) atoms. The summed E-state index contributed by atoms with van der Waals surface area (Å²) in [6.07, 6.45) is -8.59. The van der Waals surface area contributed by atoms with Gasteiger partial charge in [-0.2, -0.15) is 0 Å². The largest absolute Gasteiger partial charge is 0.445 e. The van der Waals surface area contributed by atoms with Crippen LogP contribution in [0.25, 0.3) is 0 Å². The zero-order valence-electron chi connectivity index (χ0n) is 80.6. The maximum Gasteiger partial charge on any atom is 0.410 e. The van der Waals surface area contributed by atoms with Gasteiger partial charge in [0.1, 0.15) is 162 Å². The predicted octanol–water partition coefficient (Wildman–Crippen LogP) is 11.5. The highest BCUT2D eigenvalue weighted by molar-refractivity contribution is 5.91. The van der Waals surface area contributed by atoms with Crippen LogP contribution in [0.15, 0.2) is 212 Å². The van der Waals surface area contributed by atoms with Crippen LogP contribution in [0, 0.1) is 0 Å². The Bertz CT molecular complexity index is 5040. The minimum atomic E-state index is -1.09. The fourth-order valence-corrected chi connectivity index (χ4v) is 19.4. The molecule has 5 N–H and O–H groups in total. The van der Waals surface area contributed by atoms with Gasteiger partial charge in [0, 0.05) is 63.4 Å². The lowest BCUT2D eigenvalue weighted by Crippen LogP contribution is -2.55. The standard InChI is InChI=1S/C23H27NO6.C21H23NO5.C21H21NO5.C16H21NO6.C13H23NO6.C8H15NO4.6CH4/c1-26-23(27-2)16-30-20-19(28-14-17-9-5-3-6-10-17)13-24(21(20)23)22(25)29-15-18-11-7-4-8-12-18;2*23-17-14-26-20-18(25-12-15-7-3-1-4-8-15)11-22(19(17)20)21(24)27-13-16-9-5-2-6-10-16;1-20-16(21-2)10-23-13-12(18)8-17(14(13)16)15(19)22-9-11-6-4-3-5-7-11;1-12(2,3)20-11(16)14-6-8(15)9-10(14)13(17-4,18-5)7-19-9;1-11-8(12-2)4-13-6-5(10)3-9-7(6)8;;;;;;/h3-12,19-21H,13-16H2,1-2H3;1-10,17-20,23H,11-14H2;1-10,18-20H,11-14H2;3-7,12-14,18H,8-10H2,1-2H3;8-10,15H,6-7H2,1-5H3;5-7,9-10H,3-4H2,1-2H3;6*1H4/t19-,20-,21+;17-,18+,19+,20+;18-,19-,20-;12-,13-,14+;8-,9-,10+;5-,6-,7+;;;;;;/m101111....../s1. The summed E-state index contributed by atoms with van der Waals surface area (Å²) in [5, 5.41) is 43.1. The molecule has 12 fully saturated rings. The van der Waals surface area contributed by atoms with Crippen LogP contribution < -0.4 is 5.32 Å². The molecule has 0 bridgehead atoms. The lowest BCUT2D eigenvalue weighted by molar-refractivity contribution is -0.225. The van der Waals surface area contributed by atoms with Gasteiger partial charge in [0.05, 0.1) is 77.3 Å². The van der Waals surface area contributed by atoms with Crippen molar-refractivity contribution in [3.8, 4) is 0 Å². The fourth-order valence-electron chi connectivity index (χ4n) is 19.4. The summed E-state index contributed by atoms with van der Waals surface area (Å²) >= 11 is 0.